The van der Waals surface area contributed by atoms with E-state index in [1.807, 2.05) is 49.4 Å². The molecule has 2 amide bonds. The average molecular weight is 382 g/mol. The summed E-state index contributed by atoms with van der Waals surface area (Å²) in [4.78, 5) is 23.3. The second-order valence-electron chi connectivity index (χ2n) is 6.83. The number of benzene rings is 2. The number of hydrogen-bond acceptors (Lipinski definition) is 4. The SMILES string of the molecule is Cc1cccc(OCCNC(=O)CCCOc2ccc3c(c2)CCC(=O)N3)c1. The molecule has 0 unspecified atom stereocenters. The van der Waals surface area contributed by atoms with Gasteiger partial charge < -0.3 is 20.1 Å². The minimum Gasteiger partial charge on any atom is -0.494 e. The number of fused-ring (bicyclic) bond motifs is 1. The zero-order valence-electron chi connectivity index (χ0n) is 16.1. The van der Waals surface area contributed by atoms with Crippen molar-refractivity contribution in [2.45, 2.75) is 32.6 Å². The predicted molar refractivity (Wildman–Crippen MR) is 108 cm³/mol. The van der Waals surface area contributed by atoms with Crippen molar-refractivity contribution in [3.05, 3.63) is 53.6 Å². The lowest BCUT2D eigenvalue weighted by Gasteiger charge is -2.17. The Bertz CT molecular complexity index is 835. The van der Waals surface area contributed by atoms with Gasteiger partial charge in [-0.25, -0.2) is 0 Å². The second-order valence-corrected chi connectivity index (χ2v) is 6.83. The van der Waals surface area contributed by atoms with Crippen molar-refractivity contribution >= 4 is 17.5 Å². The van der Waals surface area contributed by atoms with Gasteiger partial charge in [0.05, 0.1) is 13.2 Å². The van der Waals surface area contributed by atoms with Crippen molar-refractivity contribution in [1.82, 2.24) is 5.32 Å². The van der Waals surface area contributed by atoms with Crippen molar-refractivity contribution in [2.24, 2.45) is 0 Å². The Morgan fingerprint density at radius 2 is 1.89 bits per heavy atom. The van der Waals surface area contributed by atoms with E-state index in [1.165, 1.54) is 0 Å². The largest absolute Gasteiger partial charge is 0.494 e. The number of nitrogens with one attached hydrogen (secondary N) is 2. The van der Waals surface area contributed by atoms with Crippen LogP contribution in [0.5, 0.6) is 11.5 Å². The summed E-state index contributed by atoms with van der Waals surface area (Å²) in [6.07, 6.45) is 2.28. The number of rotatable bonds is 9. The van der Waals surface area contributed by atoms with E-state index in [0.717, 1.165) is 34.7 Å². The molecule has 0 aromatic heterocycles. The van der Waals surface area contributed by atoms with Crippen LogP contribution in [0.3, 0.4) is 0 Å². The maximum atomic E-state index is 11.9. The third kappa shape index (κ3) is 6.01. The van der Waals surface area contributed by atoms with Crippen molar-refractivity contribution < 1.29 is 19.1 Å². The second kappa shape index (κ2) is 9.78. The third-order valence-electron chi connectivity index (χ3n) is 4.47. The van der Waals surface area contributed by atoms with Gasteiger partial charge in [0.25, 0.3) is 0 Å². The van der Waals surface area contributed by atoms with Crippen molar-refractivity contribution in [2.75, 3.05) is 25.1 Å². The lowest BCUT2D eigenvalue weighted by Crippen LogP contribution is -2.28. The molecule has 0 aliphatic carbocycles. The van der Waals surface area contributed by atoms with Crippen LogP contribution >= 0.6 is 0 Å². The summed E-state index contributed by atoms with van der Waals surface area (Å²) in [6, 6.07) is 13.5. The van der Waals surface area contributed by atoms with Crippen molar-refractivity contribution in [3.63, 3.8) is 0 Å². The summed E-state index contributed by atoms with van der Waals surface area (Å²) in [7, 11) is 0. The maximum absolute atomic E-state index is 11.9. The zero-order chi connectivity index (χ0) is 19.8. The molecule has 1 heterocycles. The highest BCUT2D eigenvalue weighted by atomic mass is 16.5. The first-order valence-electron chi connectivity index (χ1n) is 9.62. The number of aryl methyl sites for hydroxylation is 2. The molecule has 0 saturated carbocycles. The summed E-state index contributed by atoms with van der Waals surface area (Å²) in [5.74, 6) is 1.62. The number of anilines is 1. The lowest BCUT2D eigenvalue weighted by molar-refractivity contribution is -0.121. The smallest absolute Gasteiger partial charge is 0.224 e. The molecule has 0 bridgehead atoms. The van der Waals surface area contributed by atoms with Crippen LogP contribution < -0.4 is 20.1 Å². The van der Waals surface area contributed by atoms with E-state index in [1.54, 1.807) is 0 Å². The Kier molecular flexibility index (Phi) is 6.89. The van der Waals surface area contributed by atoms with E-state index in [2.05, 4.69) is 10.6 Å². The van der Waals surface area contributed by atoms with Crippen LogP contribution in [0.2, 0.25) is 0 Å². The van der Waals surface area contributed by atoms with Crippen LogP contribution in [0.4, 0.5) is 5.69 Å². The summed E-state index contributed by atoms with van der Waals surface area (Å²) in [5, 5.41) is 5.70. The molecule has 1 aliphatic heterocycles. The molecule has 148 valence electrons. The first kappa shape index (κ1) is 19.7. The van der Waals surface area contributed by atoms with Crippen LogP contribution in [0, 0.1) is 6.92 Å². The lowest BCUT2D eigenvalue weighted by atomic mass is 10.0. The third-order valence-corrected chi connectivity index (χ3v) is 4.47. The van der Waals surface area contributed by atoms with Gasteiger partial charge in [-0.15, -0.1) is 0 Å². The highest BCUT2D eigenvalue weighted by molar-refractivity contribution is 5.94. The normalized spacial score (nSPS) is 12.7. The highest BCUT2D eigenvalue weighted by Gasteiger charge is 2.15. The Balaban J connectivity index is 1.29. The van der Waals surface area contributed by atoms with E-state index in [9.17, 15) is 9.59 Å². The fraction of sp³-hybridized carbons (Fsp3) is 0.364. The molecule has 2 aromatic rings. The first-order valence-corrected chi connectivity index (χ1v) is 9.62. The van der Waals surface area contributed by atoms with Crippen LogP contribution in [0.25, 0.3) is 0 Å². The van der Waals surface area contributed by atoms with Crippen molar-refractivity contribution in [1.29, 1.82) is 0 Å². The van der Waals surface area contributed by atoms with Gasteiger partial charge in [0, 0.05) is 18.5 Å². The van der Waals surface area contributed by atoms with Crippen LogP contribution in [0.1, 0.15) is 30.4 Å². The quantitative estimate of drug-likeness (QED) is 0.653. The molecule has 3 rings (SSSR count). The minimum absolute atomic E-state index is 0.00963. The standard InChI is InChI=1S/C22H26N2O4/c1-16-4-2-5-18(14-16)28-13-11-23-21(25)6-3-12-27-19-8-9-20-17(15-19)7-10-22(26)24-20/h2,4-5,8-9,14-15H,3,6-7,10-13H2,1H3,(H,23,25)(H,24,26). The number of carbonyl (C=O) groups excluding carboxylic acids is 2. The first-order chi connectivity index (χ1) is 13.6. The summed E-state index contributed by atoms with van der Waals surface area (Å²) >= 11 is 0. The molecule has 0 atom stereocenters. The molecule has 1 aliphatic rings. The van der Waals surface area contributed by atoms with Crippen molar-refractivity contribution in [3.8, 4) is 11.5 Å². The Hall–Kier alpha value is -3.02. The predicted octanol–water partition coefficient (Wildman–Crippen LogP) is 3.23. The van der Waals surface area contributed by atoms with Crippen LogP contribution in [-0.4, -0.2) is 31.6 Å². The molecular weight excluding hydrogens is 356 g/mol. The Morgan fingerprint density at radius 1 is 1.07 bits per heavy atom. The van der Waals surface area contributed by atoms with Crippen LogP contribution in [0.15, 0.2) is 42.5 Å². The molecule has 0 fully saturated rings. The molecule has 6 heteroatoms. The van der Waals surface area contributed by atoms with Gasteiger partial charge in [-0.1, -0.05) is 12.1 Å². The highest BCUT2D eigenvalue weighted by Crippen LogP contribution is 2.26. The van der Waals surface area contributed by atoms with E-state index in [-0.39, 0.29) is 11.8 Å². The van der Waals surface area contributed by atoms with Gasteiger partial charge in [0.15, 0.2) is 0 Å². The molecule has 28 heavy (non-hydrogen) atoms. The molecule has 6 nitrogen and oxygen atoms in total. The Morgan fingerprint density at radius 3 is 2.75 bits per heavy atom. The number of carbonyl (C=O) groups is 2. The maximum Gasteiger partial charge on any atom is 0.224 e. The molecular formula is C22H26N2O4. The van der Waals surface area contributed by atoms with Gasteiger partial charge in [-0.2, -0.15) is 0 Å². The van der Waals surface area contributed by atoms with Gasteiger partial charge in [0.2, 0.25) is 11.8 Å². The van der Waals surface area contributed by atoms with Crippen LogP contribution in [-0.2, 0) is 16.0 Å². The van der Waals surface area contributed by atoms with E-state index < -0.39 is 0 Å². The minimum atomic E-state index is -0.00963. The summed E-state index contributed by atoms with van der Waals surface area (Å²) in [5.41, 5.74) is 3.09. The molecule has 0 spiro atoms. The number of amides is 2. The van der Waals surface area contributed by atoms with Gasteiger partial charge >= 0.3 is 0 Å². The molecule has 2 aromatic carbocycles. The Labute approximate surface area is 165 Å². The van der Waals surface area contributed by atoms with Gasteiger partial charge in [-0.3, -0.25) is 9.59 Å². The van der Waals surface area contributed by atoms with Gasteiger partial charge in [-0.05, 0) is 61.2 Å². The monoisotopic (exact) mass is 382 g/mol. The molecule has 2 N–H and O–H groups in total. The zero-order valence-corrected chi connectivity index (χ0v) is 16.1. The fourth-order valence-corrected chi connectivity index (χ4v) is 3.03. The fourth-order valence-electron chi connectivity index (χ4n) is 3.03. The van der Waals surface area contributed by atoms with Gasteiger partial charge in [0.1, 0.15) is 18.1 Å². The molecule has 0 radical (unpaired) electrons. The number of hydrogen-bond donors (Lipinski definition) is 2. The van der Waals surface area contributed by atoms with E-state index >= 15 is 0 Å². The molecule has 0 saturated heterocycles. The average Bonchev–Trinajstić information content (AvgIpc) is 2.69. The summed E-state index contributed by atoms with van der Waals surface area (Å²) in [6.45, 7) is 3.40. The number of ether oxygens (including phenoxy) is 2. The summed E-state index contributed by atoms with van der Waals surface area (Å²) < 4.78 is 11.3. The van der Waals surface area contributed by atoms with E-state index in [4.69, 9.17) is 9.47 Å². The van der Waals surface area contributed by atoms with E-state index in [0.29, 0.717) is 39.0 Å². The topological polar surface area (TPSA) is 76.7 Å².